The highest BCUT2D eigenvalue weighted by Crippen LogP contribution is 2.43. The second kappa shape index (κ2) is 22.9. The zero-order valence-electron chi connectivity index (χ0n) is 45.7. The highest BCUT2D eigenvalue weighted by Gasteiger charge is 2.48. The van der Waals surface area contributed by atoms with E-state index in [1.165, 1.54) is 38.4 Å². The normalized spacial score (nSPS) is 22.6. The third-order valence-electron chi connectivity index (χ3n) is 15.6. The third kappa shape index (κ3) is 11.5. The van der Waals surface area contributed by atoms with Crippen LogP contribution in [-0.2, 0) is 30.1 Å². The summed E-state index contributed by atoms with van der Waals surface area (Å²) in [4.78, 5) is 21.4. The molecule has 0 bridgehead atoms. The Kier molecular flexibility index (Phi) is 16.2. The first-order valence-electron chi connectivity index (χ1n) is 26.5. The number of ether oxygens (including phenoxy) is 6. The zero-order valence-corrected chi connectivity index (χ0v) is 46.5. The monoisotopic (exact) mass is 1110 g/mol. The molecule has 6 aliphatic rings. The number of hydrogen-bond acceptors (Lipinski definition) is 22. The Hall–Kier alpha value is -6.55. The Labute approximate surface area is 461 Å². The molecule has 0 unspecified atom stereocenters. The molecular formula is C52H69ClF2N18O6. The minimum absolute atomic E-state index is 0.0615. The molecule has 4 aromatic heterocycles. The fourth-order valence-corrected chi connectivity index (χ4v) is 12.7. The number of anilines is 5. The van der Waals surface area contributed by atoms with Gasteiger partial charge in [0.1, 0.15) is 22.9 Å². The molecule has 4 saturated heterocycles. The lowest BCUT2D eigenvalue weighted by atomic mass is 9.84. The summed E-state index contributed by atoms with van der Waals surface area (Å²) in [5, 5.41) is 33.8. The Bertz CT molecular complexity index is 3080. The smallest absolute Gasteiger partial charge is 0.229 e. The van der Waals surface area contributed by atoms with Gasteiger partial charge in [0.2, 0.25) is 34.1 Å². The molecule has 6 aromatic rings. The zero-order chi connectivity index (χ0) is 55.7. The Morgan fingerprint density at radius 3 is 1.67 bits per heavy atom. The van der Waals surface area contributed by atoms with Gasteiger partial charge in [-0.2, -0.15) is 19.3 Å². The fraction of sp³-hybridized carbons (Fsp3) is 0.577. The van der Waals surface area contributed by atoms with Crippen molar-refractivity contribution in [1.29, 1.82) is 0 Å². The van der Waals surface area contributed by atoms with Crippen LogP contribution in [0.25, 0.3) is 11.4 Å². The summed E-state index contributed by atoms with van der Waals surface area (Å²) < 4.78 is 65.5. The summed E-state index contributed by atoms with van der Waals surface area (Å²) in [6.45, 7) is 12.3. The first kappa shape index (κ1) is 55.8. The number of fused-ring (bicyclic) bond motifs is 8. The first-order valence-corrected chi connectivity index (χ1v) is 26.9. The van der Waals surface area contributed by atoms with E-state index in [1.54, 1.807) is 56.0 Å². The number of nitrogens with one attached hydrogen (secondary N) is 3. The number of piperidine rings is 2. The van der Waals surface area contributed by atoms with Gasteiger partial charge in [-0.3, -0.25) is 9.80 Å². The van der Waals surface area contributed by atoms with Crippen molar-refractivity contribution in [2.45, 2.75) is 126 Å². The van der Waals surface area contributed by atoms with E-state index in [-0.39, 0.29) is 72.5 Å². The van der Waals surface area contributed by atoms with Crippen molar-refractivity contribution in [3.63, 3.8) is 0 Å². The molecule has 0 aliphatic carbocycles. The van der Waals surface area contributed by atoms with Crippen LogP contribution in [-0.4, -0.2) is 173 Å². The predicted octanol–water partition coefficient (Wildman–Crippen LogP) is 6.24. The number of benzene rings is 2. The minimum Gasteiger partial charge on any atom is -0.472 e. The van der Waals surface area contributed by atoms with E-state index < -0.39 is 22.8 Å². The highest BCUT2D eigenvalue weighted by molar-refractivity contribution is 6.28. The van der Waals surface area contributed by atoms with Gasteiger partial charge >= 0.3 is 0 Å². The van der Waals surface area contributed by atoms with E-state index in [0.29, 0.717) is 58.0 Å². The maximum Gasteiger partial charge on any atom is 0.229 e. The van der Waals surface area contributed by atoms with Crippen molar-refractivity contribution in [1.82, 2.24) is 70.2 Å². The second-order valence-electron chi connectivity index (χ2n) is 22.2. The predicted molar refractivity (Wildman–Crippen MR) is 288 cm³/mol. The molecule has 24 nitrogen and oxygen atoms in total. The minimum atomic E-state index is -0.987. The average Bonchev–Trinajstić information content (AvgIpc) is 4.45. The molecule has 6 aliphatic heterocycles. The lowest BCUT2D eigenvalue weighted by molar-refractivity contribution is -0.0748. The molecule has 0 amide bonds. The lowest BCUT2D eigenvalue weighted by Gasteiger charge is -2.47. The van der Waals surface area contributed by atoms with Crippen LogP contribution in [0.4, 0.5) is 37.7 Å². The topological polar surface area (TPSA) is 263 Å². The molecule has 12 rings (SSSR count). The summed E-state index contributed by atoms with van der Waals surface area (Å²) in [5.41, 5.74) is 6.76. The number of nitrogen functional groups attached to an aromatic ring is 1. The summed E-state index contributed by atoms with van der Waals surface area (Å²) in [5.74, 6) is 1.97. The van der Waals surface area contributed by atoms with Gasteiger partial charge in [-0.25, -0.2) is 18.7 Å². The van der Waals surface area contributed by atoms with Crippen molar-refractivity contribution in [2.24, 2.45) is 0 Å². The number of nitrogens with two attached hydrogens (primary N) is 1. The number of hydrogen-bond donors (Lipinski definition) is 4. The van der Waals surface area contributed by atoms with Crippen LogP contribution in [0.1, 0.15) is 90.7 Å². The number of methoxy groups -OCH3 is 4. The highest BCUT2D eigenvalue weighted by atomic mass is 35.5. The Balaban J connectivity index is 0.000000148. The molecular weight excluding hydrogens is 1050 g/mol. The molecule has 4 atom stereocenters. The van der Waals surface area contributed by atoms with E-state index >= 15 is 0 Å². The van der Waals surface area contributed by atoms with Gasteiger partial charge in [0.15, 0.2) is 23.3 Å². The number of aromatic nitrogens is 12. The van der Waals surface area contributed by atoms with Crippen LogP contribution in [0.5, 0.6) is 11.5 Å². The van der Waals surface area contributed by atoms with Gasteiger partial charge in [-0.1, -0.05) is 0 Å². The Morgan fingerprint density at radius 2 is 1.15 bits per heavy atom. The van der Waals surface area contributed by atoms with E-state index in [0.717, 1.165) is 38.4 Å². The van der Waals surface area contributed by atoms with Crippen molar-refractivity contribution in [2.75, 3.05) is 89.6 Å². The number of nitrogens with zero attached hydrogens (tertiary/aromatic N) is 14. The largest absolute Gasteiger partial charge is 0.472 e. The standard InChI is InChI=1S/C26H34FN9O3.C14H20ClFN4.C12H15N5O3/c1-25(2)12-17(10-18-6-5-9-35(18)25)29-22-19(27)13-28-24(31-22)30-16-7-8-21-20(11-16)36-23(32-33-34-36)26(39-21,14-37-3)15-38-4;1-14(2)7-9(6-10-4-3-5-20(10)14)18-12-11(16)8-17-13(15)19-12;1-18-6-12(7-19-2)11-14-15-16-17(11)9-5-8(13)3-4-10(9)20-12/h7-8,11,13,17-18H,5-6,9-10,12,14-15H2,1-4H3,(H2,28,29,30,31);8-10H,3-7H2,1-2H3,(H,17,18,19);3-5H,6-7,13H2,1-2H3/t17-,18+;9-,10+;/m11./s1. The van der Waals surface area contributed by atoms with Crippen LogP contribution in [0.2, 0.25) is 5.28 Å². The second-order valence-corrected chi connectivity index (χ2v) is 22.5. The van der Waals surface area contributed by atoms with Crippen molar-refractivity contribution >= 4 is 40.6 Å². The molecule has 0 radical (unpaired) electrons. The lowest BCUT2D eigenvalue weighted by Crippen LogP contribution is -2.55. The van der Waals surface area contributed by atoms with Crippen molar-refractivity contribution in [3.05, 3.63) is 77.4 Å². The first-order chi connectivity index (χ1) is 38.0. The molecule has 0 spiro atoms. The van der Waals surface area contributed by atoms with Gasteiger partial charge < -0.3 is 50.1 Å². The van der Waals surface area contributed by atoms with Crippen LogP contribution in [0.15, 0.2) is 48.8 Å². The summed E-state index contributed by atoms with van der Waals surface area (Å²) in [6, 6.07) is 12.3. The fourth-order valence-electron chi connectivity index (χ4n) is 12.5. The third-order valence-corrected chi connectivity index (χ3v) is 15.8. The molecule has 27 heteroatoms. The van der Waals surface area contributed by atoms with E-state index in [2.05, 4.69) is 104 Å². The average molecular weight is 1120 g/mol. The van der Waals surface area contributed by atoms with E-state index in [1.807, 2.05) is 18.2 Å². The summed E-state index contributed by atoms with van der Waals surface area (Å²) in [7, 11) is 6.35. The van der Waals surface area contributed by atoms with Crippen molar-refractivity contribution < 1.29 is 37.2 Å². The van der Waals surface area contributed by atoms with Crippen LogP contribution in [0.3, 0.4) is 0 Å². The summed E-state index contributed by atoms with van der Waals surface area (Å²) in [6.07, 6.45) is 11.1. The molecule has 4 fully saturated rings. The molecule has 0 saturated carbocycles. The number of tetrazole rings is 2. The number of halogens is 3. The Morgan fingerprint density at radius 1 is 0.671 bits per heavy atom. The van der Waals surface area contributed by atoms with Crippen LogP contribution in [0, 0.1) is 11.6 Å². The quantitative estimate of drug-likeness (QED) is 0.0694. The van der Waals surface area contributed by atoms with Gasteiger partial charge in [-0.05, 0) is 161 Å². The maximum atomic E-state index is 14.8. The van der Waals surface area contributed by atoms with Gasteiger partial charge in [0.25, 0.3) is 0 Å². The molecule has 5 N–H and O–H groups in total. The molecule has 2 aromatic carbocycles. The van der Waals surface area contributed by atoms with E-state index in [4.69, 9.17) is 45.8 Å². The van der Waals surface area contributed by atoms with Crippen LogP contribution < -0.4 is 31.2 Å². The van der Waals surface area contributed by atoms with Gasteiger partial charge in [0.05, 0.1) is 38.8 Å². The van der Waals surface area contributed by atoms with Gasteiger partial charge in [-0.15, -0.1) is 10.2 Å². The summed E-state index contributed by atoms with van der Waals surface area (Å²) >= 11 is 5.74. The number of rotatable bonds is 14. The van der Waals surface area contributed by atoms with Gasteiger partial charge in [0, 0.05) is 75.1 Å². The van der Waals surface area contributed by atoms with Crippen molar-refractivity contribution in [3.8, 4) is 22.9 Å². The van der Waals surface area contributed by atoms with Crippen LogP contribution >= 0.6 is 11.6 Å². The van der Waals surface area contributed by atoms with E-state index in [9.17, 15) is 8.78 Å². The molecule has 79 heavy (non-hydrogen) atoms. The maximum absolute atomic E-state index is 14.8. The SMILES string of the molecule is CC1(C)C[C@H](Nc2nc(Cl)ncc2F)C[C@@H]2CCCN21.COCC1(COC)Oc2ccc(N)cc2-n2nnnc21.COCC1(COC)Oc2ccc(Nc3ncc(F)c(N[C@@H]4C[C@@H]5CCCN5C(C)(C)C4)n3)cc2-n2nnnc21. The molecule has 10 heterocycles. The molecule has 424 valence electrons.